The number of hydrogen-bond acceptors (Lipinski definition) is 3. The molecule has 0 spiro atoms. The maximum Gasteiger partial charge on any atom is 0.282 e. The predicted molar refractivity (Wildman–Crippen MR) is 113 cm³/mol. The molecule has 0 saturated heterocycles. The van der Waals surface area contributed by atoms with E-state index in [9.17, 15) is 13.6 Å². The van der Waals surface area contributed by atoms with Crippen molar-refractivity contribution in [1.29, 1.82) is 0 Å². The number of aromatic nitrogens is 3. The van der Waals surface area contributed by atoms with Crippen LogP contribution in [0.3, 0.4) is 0 Å². The van der Waals surface area contributed by atoms with Crippen LogP contribution in [-0.2, 0) is 0 Å². The quantitative estimate of drug-likeness (QED) is 0.421. The summed E-state index contributed by atoms with van der Waals surface area (Å²) in [7, 11) is 0. The van der Waals surface area contributed by atoms with E-state index in [1.165, 1.54) is 16.6 Å². The number of anilines is 1. The third kappa shape index (κ3) is 2.75. The first-order valence-corrected chi connectivity index (χ1v) is 9.29. The van der Waals surface area contributed by atoms with Crippen LogP contribution in [0.5, 0.6) is 0 Å². The first kappa shape index (κ1) is 18.1. The van der Waals surface area contributed by atoms with E-state index >= 15 is 0 Å². The lowest BCUT2D eigenvalue weighted by molar-refractivity contribution is 0.585. The Kier molecular flexibility index (Phi) is 3.92. The smallest absolute Gasteiger partial charge is 0.282 e. The normalized spacial score (nSPS) is 11.4. The topological polar surface area (TPSA) is 76.2 Å². The summed E-state index contributed by atoms with van der Waals surface area (Å²) >= 11 is 0. The highest BCUT2D eigenvalue weighted by atomic mass is 19.1. The van der Waals surface area contributed by atoms with Gasteiger partial charge in [0, 0.05) is 17.3 Å². The molecule has 0 saturated carbocycles. The Morgan fingerprint density at radius 2 is 1.70 bits per heavy atom. The molecule has 3 N–H and O–H groups in total. The summed E-state index contributed by atoms with van der Waals surface area (Å²) in [5.74, 6) is -1.39. The van der Waals surface area contributed by atoms with Crippen LogP contribution in [0.25, 0.3) is 38.8 Å². The second kappa shape index (κ2) is 6.52. The van der Waals surface area contributed by atoms with Gasteiger partial charge >= 0.3 is 0 Å². The summed E-state index contributed by atoms with van der Waals surface area (Å²) in [6.07, 6.45) is 0. The lowest BCUT2D eigenvalue weighted by Crippen LogP contribution is -2.15. The van der Waals surface area contributed by atoms with E-state index in [0.717, 1.165) is 17.2 Å². The van der Waals surface area contributed by atoms with Crippen LogP contribution in [0, 0.1) is 18.6 Å². The van der Waals surface area contributed by atoms with E-state index in [0.29, 0.717) is 33.5 Å². The Balaban J connectivity index is 1.79. The Bertz CT molecular complexity index is 1500. The lowest BCUT2D eigenvalue weighted by atomic mass is 10.0. The molecule has 0 aliphatic heterocycles. The highest BCUT2D eigenvalue weighted by Gasteiger charge is 2.19. The van der Waals surface area contributed by atoms with Crippen LogP contribution < -0.4 is 11.3 Å². The zero-order valence-corrected chi connectivity index (χ0v) is 15.9. The Morgan fingerprint density at radius 3 is 2.43 bits per heavy atom. The van der Waals surface area contributed by atoms with Gasteiger partial charge in [0.2, 0.25) is 0 Å². The minimum atomic E-state index is -0.718. The lowest BCUT2D eigenvalue weighted by Gasteiger charge is -2.07. The summed E-state index contributed by atoms with van der Waals surface area (Å²) in [5, 5.41) is 4.75. The molecule has 30 heavy (non-hydrogen) atoms. The summed E-state index contributed by atoms with van der Waals surface area (Å²) in [5.41, 5.74) is 9.94. The SMILES string of the molecule is Cc1nn2c(=O)c3ccc(-c4ccc(N)cc4)cc3[nH]c2c1-c1ccc(F)cc1F. The van der Waals surface area contributed by atoms with Gasteiger partial charge in [0.25, 0.3) is 5.56 Å². The number of benzene rings is 3. The molecule has 0 atom stereocenters. The first-order chi connectivity index (χ1) is 14.4. The van der Waals surface area contributed by atoms with Gasteiger partial charge in [-0.25, -0.2) is 8.78 Å². The molecule has 0 aliphatic rings. The number of nitrogen functional groups attached to an aromatic ring is 1. The van der Waals surface area contributed by atoms with E-state index < -0.39 is 11.6 Å². The summed E-state index contributed by atoms with van der Waals surface area (Å²) in [6.45, 7) is 1.68. The van der Waals surface area contributed by atoms with Gasteiger partial charge in [0.1, 0.15) is 17.3 Å². The molecule has 0 amide bonds. The highest BCUT2D eigenvalue weighted by molar-refractivity contribution is 5.89. The van der Waals surface area contributed by atoms with E-state index in [1.807, 2.05) is 24.3 Å². The molecule has 0 bridgehead atoms. The van der Waals surface area contributed by atoms with Gasteiger partial charge < -0.3 is 10.7 Å². The number of nitrogens with one attached hydrogen (secondary N) is 1. The van der Waals surface area contributed by atoms with Crippen molar-refractivity contribution >= 4 is 22.2 Å². The summed E-state index contributed by atoms with van der Waals surface area (Å²) < 4.78 is 29.1. The number of aryl methyl sites for hydroxylation is 1. The van der Waals surface area contributed by atoms with E-state index in [-0.39, 0.29) is 11.1 Å². The molecule has 0 aliphatic carbocycles. The van der Waals surface area contributed by atoms with Gasteiger partial charge in [0.15, 0.2) is 0 Å². The monoisotopic (exact) mass is 402 g/mol. The molecule has 7 heteroatoms. The Labute approximate surface area is 169 Å². The van der Waals surface area contributed by atoms with Gasteiger partial charge in [-0.2, -0.15) is 9.61 Å². The van der Waals surface area contributed by atoms with Gasteiger partial charge in [0.05, 0.1) is 22.2 Å². The Morgan fingerprint density at radius 1 is 0.967 bits per heavy atom. The zero-order valence-electron chi connectivity index (χ0n) is 15.9. The minimum Gasteiger partial charge on any atom is -0.399 e. The molecule has 5 rings (SSSR count). The number of nitrogens with zero attached hydrogens (tertiary/aromatic N) is 2. The van der Waals surface area contributed by atoms with Crippen LogP contribution in [0.2, 0.25) is 0 Å². The van der Waals surface area contributed by atoms with Crippen molar-refractivity contribution in [3.8, 4) is 22.3 Å². The second-order valence-electron chi connectivity index (χ2n) is 7.16. The molecule has 2 aromatic heterocycles. The van der Waals surface area contributed by atoms with Crippen molar-refractivity contribution in [2.45, 2.75) is 6.92 Å². The minimum absolute atomic E-state index is 0.175. The average Bonchev–Trinajstić information content (AvgIpc) is 3.05. The number of aromatic amines is 1. The third-order valence-electron chi connectivity index (χ3n) is 5.20. The largest absolute Gasteiger partial charge is 0.399 e. The van der Waals surface area contributed by atoms with Gasteiger partial charge in [-0.3, -0.25) is 4.79 Å². The number of nitrogens with two attached hydrogens (primary N) is 1. The van der Waals surface area contributed by atoms with E-state index in [2.05, 4.69) is 10.1 Å². The van der Waals surface area contributed by atoms with Crippen LogP contribution in [0.15, 0.2) is 65.5 Å². The predicted octanol–water partition coefficient (Wildman–Crippen LogP) is 4.68. The first-order valence-electron chi connectivity index (χ1n) is 9.29. The van der Waals surface area contributed by atoms with Crippen molar-refractivity contribution < 1.29 is 8.78 Å². The van der Waals surface area contributed by atoms with E-state index in [4.69, 9.17) is 5.73 Å². The maximum absolute atomic E-state index is 14.5. The fourth-order valence-electron chi connectivity index (χ4n) is 3.74. The molecular formula is C23H16F2N4O. The van der Waals surface area contributed by atoms with Crippen LogP contribution >= 0.6 is 0 Å². The van der Waals surface area contributed by atoms with Crippen molar-refractivity contribution in [3.63, 3.8) is 0 Å². The molecule has 0 fully saturated rings. The number of halogens is 2. The molecule has 148 valence electrons. The van der Waals surface area contributed by atoms with Crippen molar-refractivity contribution in [1.82, 2.24) is 14.6 Å². The average molecular weight is 402 g/mol. The van der Waals surface area contributed by atoms with Crippen LogP contribution in [-0.4, -0.2) is 14.6 Å². The zero-order chi connectivity index (χ0) is 21.0. The third-order valence-corrected chi connectivity index (χ3v) is 5.20. The number of fused-ring (bicyclic) bond motifs is 2. The van der Waals surface area contributed by atoms with E-state index in [1.54, 1.807) is 25.1 Å². The van der Waals surface area contributed by atoms with Gasteiger partial charge in [-0.05, 0) is 54.4 Å². The van der Waals surface area contributed by atoms with Crippen molar-refractivity contribution in [2.24, 2.45) is 0 Å². The number of rotatable bonds is 2. The van der Waals surface area contributed by atoms with Gasteiger partial charge in [-0.15, -0.1) is 0 Å². The van der Waals surface area contributed by atoms with Crippen molar-refractivity contribution in [2.75, 3.05) is 5.73 Å². The fraction of sp³-hybridized carbons (Fsp3) is 0.0435. The summed E-state index contributed by atoms with van der Waals surface area (Å²) in [6, 6.07) is 16.2. The molecule has 0 unspecified atom stereocenters. The van der Waals surface area contributed by atoms with Crippen molar-refractivity contribution in [3.05, 3.63) is 88.3 Å². The maximum atomic E-state index is 14.5. The molecule has 2 heterocycles. The fourth-order valence-corrected chi connectivity index (χ4v) is 3.74. The Hall–Kier alpha value is -4.00. The van der Waals surface area contributed by atoms with Gasteiger partial charge in [-0.1, -0.05) is 18.2 Å². The molecular weight excluding hydrogens is 386 g/mol. The second-order valence-corrected chi connectivity index (χ2v) is 7.16. The summed E-state index contributed by atoms with van der Waals surface area (Å²) in [4.78, 5) is 16.2. The number of hydrogen-bond donors (Lipinski definition) is 2. The number of H-pyrrole nitrogens is 1. The molecule has 0 radical (unpaired) electrons. The molecule has 5 aromatic rings. The molecule has 5 nitrogen and oxygen atoms in total. The van der Waals surface area contributed by atoms with Crippen LogP contribution in [0.1, 0.15) is 5.69 Å². The standard InChI is InChI=1S/C23H16F2N4O/c1-12-21(17-9-5-15(24)11-19(17)25)22-27-20-10-14(13-2-6-16(26)7-3-13)4-8-18(20)23(30)29(22)28-12/h2-11,27H,26H2,1H3. The van der Waals surface area contributed by atoms with Crippen LogP contribution in [0.4, 0.5) is 14.5 Å². The highest BCUT2D eigenvalue weighted by Crippen LogP contribution is 2.31. The molecule has 3 aromatic carbocycles.